The van der Waals surface area contributed by atoms with Gasteiger partial charge in [0.15, 0.2) is 0 Å². The van der Waals surface area contributed by atoms with E-state index >= 15 is 0 Å². The van der Waals surface area contributed by atoms with E-state index in [1.54, 1.807) is 11.3 Å². The fraction of sp³-hybridized carbons (Fsp3) is 0.500. The molecule has 1 atom stereocenters. The van der Waals surface area contributed by atoms with Crippen molar-refractivity contribution in [2.24, 2.45) is 0 Å². The maximum atomic E-state index is 4.56. The lowest BCUT2D eigenvalue weighted by molar-refractivity contribution is 0.660. The molecule has 0 aliphatic carbocycles. The first-order chi connectivity index (χ1) is 8.10. The predicted octanol–water partition coefficient (Wildman–Crippen LogP) is 3.15. The highest BCUT2D eigenvalue weighted by atomic mass is 32.1. The number of nitrogens with zero attached hydrogens (tertiary/aromatic N) is 3. The topological polar surface area (TPSA) is 42.7 Å². The van der Waals surface area contributed by atoms with Crippen molar-refractivity contribution < 1.29 is 0 Å². The van der Waals surface area contributed by atoms with Crippen molar-refractivity contribution in [1.82, 2.24) is 14.8 Å². The molecule has 0 aromatic carbocycles. The first-order valence-corrected chi connectivity index (χ1v) is 6.64. The Morgan fingerprint density at radius 1 is 1.47 bits per heavy atom. The molecule has 2 heterocycles. The number of anilines is 1. The van der Waals surface area contributed by atoms with Gasteiger partial charge in [0.25, 0.3) is 0 Å². The van der Waals surface area contributed by atoms with Crippen molar-refractivity contribution in [2.45, 2.75) is 40.3 Å². The highest BCUT2D eigenvalue weighted by Crippen LogP contribution is 2.25. The van der Waals surface area contributed by atoms with Crippen molar-refractivity contribution >= 4 is 17.0 Å². The highest BCUT2D eigenvalue weighted by Gasteiger charge is 2.13. The highest BCUT2D eigenvalue weighted by molar-refractivity contribution is 7.11. The summed E-state index contributed by atoms with van der Waals surface area (Å²) in [4.78, 5) is 5.84. The standard InChI is InChI=1S/C12H18N4S/c1-5-16-7-11(6-13-16)14-8(2)12-9(3)17-10(4)15-12/h6-8,14H,5H2,1-4H3. The van der Waals surface area contributed by atoms with Crippen LogP contribution in [-0.2, 0) is 6.54 Å². The average Bonchev–Trinajstić information content (AvgIpc) is 2.85. The maximum Gasteiger partial charge on any atom is 0.0901 e. The molecule has 0 aliphatic rings. The van der Waals surface area contributed by atoms with Gasteiger partial charge < -0.3 is 5.32 Å². The number of aryl methyl sites for hydroxylation is 3. The number of nitrogens with one attached hydrogen (secondary N) is 1. The van der Waals surface area contributed by atoms with Gasteiger partial charge in [0.2, 0.25) is 0 Å². The molecule has 0 saturated carbocycles. The molecule has 0 fully saturated rings. The Hall–Kier alpha value is -1.36. The first kappa shape index (κ1) is 12.1. The van der Waals surface area contributed by atoms with Gasteiger partial charge in [0, 0.05) is 17.6 Å². The van der Waals surface area contributed by atoms with Crippen molar-refractivity contribution in [3.63, 3.8) is 0 Å². The fourth-order valence-corrected chi connectivity index (χ4v) is 2.79. The molecule has 0 amide bonds. The van der Waals surface area contributed by atoms with Gasteiger partial charge in [-0.3, -0.25) is 4.68 Å². The van der Waals surface area contributed by atoms with Crippen LogP contribution in [0.5, 0.6) is 0 Å². The van der Waals surface area contributed by atoms with Gasteiger partial charge in [0.05, 0.1) is 28.6 Å². The second-order valence-corrected chi connectivity index (χ2v) is 5.53. The van der Waals surface area contributed by atoms with E-state index < -0.39 is 0 Å². The zero-order valence-corrected chi connectivity index (χ0v) is 11.5. The maximum absolute atomic E-state index is 4.56. The fourth-order valence-electron chi connectivity index (χ4n) is 1.88. The van der Waals surface area contributed by atoms with Crippen LogP contribution in [0.4, 0.5) is 5.69 Å². The summed E-state index contributed by atoms with van der Waals surface area (Å²) in [6.07, 6.45) is 3.87. The molecule has 2 aromatic heterocycles. The number of thiazole rings is 1. The van der Waals surface area contributed by atoms with Crippen LogP contribution < -0.4 is 5.32 Å². The van der Waals surface area contributed by atoms with Crippen LogP contribution in [0.1, 0.15) is 35.5 Å². The van der Waals surface area contributed by atoms with Crippen LogP contribution >= 0.6 is 11.3 Å². The normalized spacial score (nSPS) is 12.7. The Balaban J connectivity index is 2.11. The van der Waals surface area contributed by atoms with Gasteiger partial charge in [-0.25, -0.2) is 4.98 Å². The van der Waals surface area contributed by atoms with Crippen molar-refractivity contribution in [1.29, 1.82) is 0 Å². The quantitative estimate of drug-likeness (QED) is 0.906. The van der Waals surface area contributed by atoms with Crippen LogP contribution in [0.2, 0.25) is 0 Å². The molecule has 4 nitrogen and oxygen atoms in total. The number of hydrogen-bond donors (Lipinski definition) is 1. The predicted molar refractivity (Wildman–Crippen MR) is 71.5 cm³/mol. The summed E-state index contributed by atoms with van der Waals surface area (Å²) in [5.41, 5.74) is 2.18. The van der Waals surface area contributed by atoms with Gasteiger partial charge >= 0.3 is 0 Å². The Labute approximate surface area is 106 Å². The number of aromatic nitrogens is 3. The molecule has 0 saturated heterocycles. The zero-order chi connectivity index (χ0) is 12.4. The van der Waals surface area contributed by atoms with Crippen LogP contribution in [-0.4, -0.2) is 14.8 Å². The van der Waals surface area contributed by atoms with Gasteiger partial charge in [-0.15, -0.1) is 11.3 Å². The first-order valence-electron chi connectivity index (χ1n) is 5.83. The largest absolute Gasteiger partial charge is 0.374 e. The lowest BCUT2D eigenvalue weighted by Gasteiger charge is -2.12. The van der Waals surface area contributed by atoms with E-state index in [9.17, 15) is 0 Å². The van der Waals surface area contributed by atoms with E-state index in [-0.39, 0.29) is 6.04 Å². The summed E-state index contributed by atoms with van der Waals surface area (Å²) in [5.74, 6) is 0. The van der Waals surface area contributed by atoms with Gasteiger partial charge in [-0.05, 0) is 27.7 Å². The van der Waals surface area contributed by atoms with Crippen LogP contribution in [0.3, 0.4) is 0 Å². The third-order valence-electron chi connectivity index (χ3n) is 2.69. The van der Waals surface area contributed by atoms with E-state index in [4.69, 9.17) is 0 Å². The molecule has 1 unspecified atom stereocenters. The summed E-state index contributed by atoms with van der Waals surface area (Å²) >= 11 is 1.75. The monoisotopic (exact) mass is 250 g/mol. The zero-order valence-electron chi connectivity index (χ0n) is 10.7. The second kappa shape index (κ2) is 4.87. The minimum atomic E-state index is 0.217. The average molecular weight is 250 g/mol. The molecule has 2 aromatic rings. The Kier molecular flexibility index (Phi) is 3.47. The molecule has 0 spiro atoms. The summed E-state index contributed by atoms with van der Waals surface area (Å²) in [6, 6.07) is 0.217. The lowest BCUT2D eigenvalue weighted by atomic mass is 10.2. The van der Waals surface area contributed by atoms with Crippen molar-refractivity contribution in [2.75, 3.05) is 5.32 Å². The number of rotatable bonds is 4. The molecule has 92 valence electrons. The third-order valence-corrected chi connectivity index (χ3v) is 3.59. The Morgan fingerprint density at radius 3 is 2.76 bits per heavy atom. The molecule has 17 heavy (non-hydrogen) atoms. The SMILES string of the molecule is CCn1cc(NC(C)c2nc(C)sc2C)cn1. The minimum Gasteiger partial charge on any atom is -0.374 e. The molecule has 0 radical (unpaired) electrons. The van der Waals surface area contributed by atoms with Crippen molar-refractivity contribution in [3.05, 3.63) is 28.0 Å². The summed E-state index contributed by atoms with van der Waals surface area (Å²) in [5, 5.41) is 8.79. The van der Waals surface area contributed by atoms with Gasteiger partial charge in [-0.1, -0.05) is 0 Å². The minimum absolute atomic E-state index is 0.217. The molecular formula is C12H18N4S. The van der Waals surface area contributed by atoms with E-state index in [0.717, 1.165) is 22.9 Å². The molecular weight excluding hydrogens is 232 g/mol. The van der Waals surface area contributed by atoms with Crippen LogP contribution in [0.25, 0.3) is 0 Å². The van der Waals surface area contributed by atoms with E-state index in [1.807, 2.05) is 24.0 Å². The summed E-state index contributed by atoms with van der Waals surface area (Å²) in [7, 11) is 0. The van der Waals surface area contributed by atoms with Crippen LogP contribution in [0, 0.1) is 13.8 Å². The number of hydrogen-bond acceptors (Lipinski definition) is 4. The van der Waals surface area contributed by atoms with E-state index in [2.05, 4.69) is 36.2 Å². The Morgan fingerprint density at radius 2 is 2.24 bits per heavy atom. The summed E-state index contributed by atoms with van der Waals surface area (Å²) in [6.45, 7) is 9.26. The molecule has 1 N–H and O–H groups in total. The summed E-state index contributed by atoms with van der Waals surface area (Å²) < 4.78 is 1.91. The molecule has 2 rings (SSSR count). The third kappa shape index (κ3) is 2.66. The molecule has 5 heteroatoms. The van der Waals surface area contributed by atoms with Crippen LogP contribution in [0.15, 0.2) is 12.4 Å². The Bertz CT molecular complexity index is 500. The van der Waals surface area contributed by atoms with E-state index in [1.165, 1.54) is 4.88 Å². The molecule has 0 aliphatic heterocycles. The van der Waals surface area contributed by atoms with E-state index in [0.29, 0.717) is 0 Å². The van der Waals surface area contributed by atoms with Gasteiger partial charge in [0.1, 0.15) is 0 Å². The molecule has 0 bridgehead atoms. The second-order valence-electron chi connectivity index (χ2n) is 4.13. The van der Waals surface area contributed by atoms with Crippen molar-refractivity contribution in [3.8, 4) is 0 Å². The smallest absolute Gasteiger partial charge is 0.0901 e. The van der Waals surface area contributed by atoms with Gasteiger partial charge in [-0.2, -0.15) is 5.10 Å². The lowest BCUT2D eigenvalue weighted by Crippen LogP contribution is -2.07.